The molecule has 0 aromatic heterocycles. The highest BCUT2D eigenvalue weighted by Crippen LogP contribution is 2.23. The molecule has 0 aliphatic heterocycles. The maximum Gasteiger partial charge on any atom is 0.0438 e. The molecular formula is C11H16ClN. The van der Waals surface area contributed by atoms with Crippen molar-refractivity contribution < 1.29 is 0 Å². The van der Waals surface area contributed by atoms with E-state index in [2.05, 4.69) is 19.9 Å². The van der Waals surface area contributed by atoms with E-state index in [1.807, 2.05) is 6.07 Å². The summed E-state index contributed by atoms with van der Waals surface area (Å²) in [7, 11) is 0. The Morgan fingerprint density at radius 3 is 2.62 bits per heavy atom. The maximum absolute atomic E-state index is 6.03. The summed E-state index contributed by atoms with van der Waals surface area (Å²) < 4.78 is 0. The van der Waals surface area contributed by atoms with Gasteiger partial charge in [-0.15, -0.1) is 0 Å². The number of benzene rings is 1. The van der Waals surface area contributed by atoms with Crippen LogP contribution in [0, 0.1) is 13.8 Å². The quantitative estimate of drug-likeness (QED) is 0.793. The molecule has 0 aliphatic rings. The van der Waals surface area contributed by atoms with Crippen molar-refractivity contribution in [2.24, 2.45) is 5.73 Å². The highest BCUT2D eigenvalue weighted by Gasteiger charge is 2.04. The third-order valence-corrected chi connectivity index (χ3v) is 2.81. The first-order chi connectivity index (χ1) is 6.16. The summed E-state index contributed by atoms with van der Waals surface area (Å²) in [5, 5.41) is 0.859. The number of hydrogen-bond acceptors (Lipinski definition) is 1. The summed E-state index contributed by atoms with van der Waals surface area (Å²) in [5.74, 6) is 0. The Morgan fingerprint density at radius 1 is 1.31 bits per heavy atom. The van der Waals surface area contributed by atoms with E-state index in [0.717, 1.165) is 24.4 Å². The molecule has 1 aromatic carbocycles. The monoisotopic (exact) mass is 197 g/mol. The van der Waals surface area contributed by atoms with Gasteiger partial charge in [-0.25, -0.2) is 0 Å². The molecule has 0 aliphatic carbocycles. The van der Waals surface area contributed by atoms with E-state index in [-0.39, 0.29) is 0 Å². The second kappa shape index (κ2) is 4.64. The van der Waals surface area contributed by atoms with Crippen LogP contribution in [-0.4, -0.2) is 6.54 Å². The van der Waals surface area contributed by atoms with E-state index in [4.69, 9.17) is 17.3 Å². The molecule has 13 heavy (non-hydrogen) atoms. The lowest BCUT2D eigenvalue weighted by Crippen LogP contribution is -2.02. The summed E-state index contributed by atoms with van der Waals surface area (Å²) in [5.41, 5.74) is 9.36. The molecule has 1 rings (SSSR count). The smallest absolute Gasteiger partial charge is 0.0438 e. The molecule has 72 valence electrons. The predicted octanol–water partition coefficient (Wildman–Crippen LogP) is 2.85. The highest BCUT2D eigenvalue weighted by atomic mass is 35.5. The lowest BCUT2D eigenvalue weighted by Gasteiger charge is -2.10. The van der Waals surface area contributed by atoms with Gasteiger partial charge in [0.15, 0.2) is 0 Å². The summed E-state index contributed by atoms with van der Waals surface area (Å²) in [6, 6.07) is 4.03. The summed E-state index contributed by atoms with van der Waals surface area (Å²) in [6.45, 7) is 4.93. The molecule has 0 bridgehead atoms. The Balaban J connectivity index is 2.96. The van der Waals surface area contributed by atoms with Crippen molar-refractivity contribution >= 4 is 11.6 Å². The van der Waals surface area contributed by atoms with E-state index in [1.54, 1.807) is 0 Å². The van der Waals surface area contributed by atoms with Crippen molar-refractivity contribution in [3.8, 4) is 0 Å². The fourth-order valence-corrected chi connectivity index (χ4v) is 1.70. The van der Waals surface area contributed by atoms with Crippen LogP contribution in [0.2, 0.25) is 5.02 Å². The van der Waals surface area contributed by atoms with Crippen molar-refractivity contribution in [1.82, 2.24) is 0 Å². The zero-order valence-corrected chi connectivity index (χ0v) is 8.99. The molecule has 0 radical (unpaired) electrons. The second-order valence-corrected chi connectivity index (χ2v) is 3.77. The molecule has 1 nitrogen and oxygen atoms in total. The standard InChI is InChI=1S/C11H16ClN/c1-8-5-6-11(12)9(2)10(8)4-3-7-13/h5-6H,3-4,7,13H2,1-2H3. The normalized spacial score (nSPS) is 10.5. The van der Waals surface area contributed by atoms with Gasteiger partial charge in [0.1, 0.15) is 0 Å². The molecule has 0 unspecified atom stereocenters. The minimum atomic E-state index is 0.741. The fraction of sp³-hybridized carbons (Fsp3) is 0.455. The van der Waals surface area contributed by atoms with Crippen molar-refractivity contribution in [3.63, 3.8) is 0 Å². The van der Waals surface area contributed by atoms with Crippen LogP contribution in [0.25, 0.3) is 0 Å². The second-order valence-electron chi connectivity index (χ2n) is 3.36. The minimum Gasteiger partial charge on any atom is -0.330 e. The molecule has 0 atom stereocenters. The Bertz CT molecular complexity index is 294. The molecular weight excluding hydrogens is 182 g/mol. The van der Waals surface area contributed by atoms with Gasteiger partial charge in [0.25, 0.3) is 0 Å². The highest BCUT2D eigenvalue weighted by molar-refractivity contribution is 6.31. The fourth-order valence-electron chi connectivity index (χ4n) is 1.53. The average Bonchev–Trinajstić information content (AvgIpc) is 2.12. The van der Waals surface area contributed by atoms with Crippen molar-refractivity contribution in [3.05, 3.63) is 33.8 Å². The third kappa shape index (κ3) is 2.45. The largest absolute Gasteiger partial charge is 0.330 e. The van der Waals surface area contributed by atoms with Crippen LogP contribution in [-0.2, 0) is 6.42 Å². The Hall–Kier alpha value is -0.530. The van der Waals surface area contributed by atoms with Gasteiger partial charge < -0.3 is 5.73 Å². The van der Waals surface area contributed by atoms with Gasteiger partial charge in [-0.3, -0.25) is 0 Å². The van der Waals surface area contributed by atoms with Gasteiger partial charge in [0, 0.05) is 5.02 Å². The van der Waals surface area contributed by atoms with Gasteiger partial charge in [0.05, 0.1) is 0 Å². The van der Waals surface area contributed by atoms with Crippen LogP contribution in [0.1, 0.15) is 23.1 Å². The minimum absolute atomic E-state index is 0.741. The molecule has 0 fully saturated rings. The Labute approximate surface area is 84.9 Å². The first-order valence-electron chi connectivity index (χ1n) is 4.61. The lowest BCUT2D eigenvalue weighted by molar-refractivity contribution is 0.823. The van der Waals surface area contributed by atoms with Crippen LogP contribution < -0.4 is 5.73 Å². The van der Waals surface area contributed by atoms with Gasteiger partial charge in [-0.2, -0.15) is 0 Å². The third-order valence-electron chi connectivity index (χ3n) is 2.40. The molecule has 2 N–H and O–H groups in total. The van der Waals surface area contributed by atoms with Crippen molar-refractivity contribution in [1.29, 1.82) is 0 Å². The van der Waals surface area contributed by atoms with Gasteiger partial charge in [-0.1, -0.05) is 17.7 Å². The SMILES string of the molecule is Cc1ccc(Cl)c(C)c1CCCN. The van der Waals surface area contributed by atoms with E-state index in [0.29, 0.717) is 0 Å². The van der Waals surface area contributed by atoms with E-state index < -0.39 is 0 Å². The molecule has 0 saturated heterocycles. The zero-order valence-electron chi connectivity index (χ0n) is 8.23. The molecule has 0 saturated carbocycles. The number of nitrogens with two attached hydrogens (primary N) is 1. The van der Waals surface area contributed by atoms with E-state index >= 15 is 0 Å². The molecule has 0 heterocycles. The predicted molar refractivity (Wildman–Crippen MR) is 58.3 cm³/mol. The maximum atomic E-state index is 6.03. The first-order valence-corrected chi connectivity index (χ1v) is 4.99. The molecule has 0 amide bonds. The van der Waals surface area contributed by atoms with Crippen molar-refractivity contribution in [2.75, 3.05) is 6.54 Å². The summed E-state index contributed by atoms with van der Waals surface area (Å²) in [6.07, 6.45) is 2.07. The number of hydrogen-bond donors (Lipinski definition) is 1. The van der Waals surface area contributed by atoms with E-state index in [9.17, 15) is 0 Å². The zero-order chi connectivity index (χ0) is 9.84. The van der Waals surface area contributed by atoms with Gasteiger partial charge in [0.2, 0.25) is 0 Å². The van der Waals surface area contributed by atoms with Gasteiger partial charge >= 0.3 is 0 Å². The Kier molecular flexibility index (Phi) is 3.76. The Morgan fingerprint density at radius 2 is 2.00 bits per heavy atom. The van der Waals surface area contributed by atoms with E-state index in [1.165, 1.54) is 16.7 Å². The number of aryl methyl sites for hydroxylation is 1. The van der Waals surface area contributed by atoms with Gasteiger partial charge in [-0.05, 0) is 56.0 Å². The average molecular weight is 198 g/mol. The van der Waals surface area contributed by atoms with Crippen molar-refractivity contribution in [2.45, 2.75) is 26.7 Å². The number of halogens is 1. The molecule has 0 spiro atoms. The first kappa shape index (κ1) is 10.6. The molecule has 2 heteroatoms. The van der Waals surface area contributed by atoms with Crippen LogP contribution in [0.5, 0.6) is 0 Å². The summed E-state index contributed by atoms with van der Waals surface area (Å²) >= 11 is 6.03. The van der Waals surface area contributed by atoms with Crippen LogP contribution >= 0.6 is 11.6 Å². The molecule has 1 aromatic rings. The van der Waals surface area contributed by atoms with Crippen LogP contribution in [0.3, 0.4) is 0 Å². The summed E-state index contributed by atoms with van der Waals surface area (Å²) in [4.78, 5) is 0. The number of rotatable bonds is 3. The van der Waals surface area contributed by atoms with Crippen LogP contribution in [0.4, 0.5) is 0 Å². The lowest BCUT2D eigenvalue weighted by atomic mass is 9.99. The van der Waals surface area contributed by atoms with Crippen LogP contribution in [0.15, 0.2) is 12.1 Å². The topological polar surface area (TPSA) is 26.0 Å².